The minimum Gasteiger partial charge on any atom is -0.497 e. The van der Waals surface area contributed by atoms with Crippen LogP contribution in [-0.2, 0) is 16.6 Å². The number of thiophene rings is 1. The molecule has 0 saturated heterocycles. The Morgan fingerprint density at radius 1 is 1.04 bits per heavy atom. The largest absolute Gasteiger partial charge is 0.497 e. The van der Waals surface area contributed by atoms with Crippen molar-refractivity contribution in [3.05, 3.63) is 66.2 Å². The first-order chi connectivity index (χ1) is 13.4. The Morgan fingerprint density at radius 3 is 2.57 bits per heavy atom. The molecule has 0 saturated carbocycles. The summed E-state index contributed by atoms with van der Waals surface area (Å²) >= 11 is 1.23. The Morgan fingerprint density at radius 2 is 1.82 bits per heavy atom. The molecule has 0 spiro atoms. The van der Waals surface area contributed by atoms with Gasteiger partial charge < -0.3 is 10.1 Å². The Hall–Kier alpha value is -2.35. The fourth-order valence-corrected chi connectivity index (χ4v) is 5.08. The monoisotopic (exact) mass is 416 g/mol. The van der Waals surface area contributed by atoms with E-state index >= 15 is 0 Å². The molecule has 0 aliphatic carbocycles. The molecule has 0 amide bonds. The molecular weight excluding hydrogens is 392 g/mol. The van der Waals surface area contributed by atoms with E-state index in [9.17, 15) is 8.42 Å². The van der Waals surface area contributed by atoms with E-state index in [-0.39, 0.29) is 4.21 Å². The Kier molecular flexibility index (Phi) is 6.39. The van der Waals surface area contributed by atoms with E-state index in [1.54, 1.807) is 19.2 Å². The summed E-state index contributed by atoms with van der Waals surface area (Å²) in [7, 11) is -2.06. The first-order valence-corrected chi connectivity index (χ1v) is 11.3. The lowest BCUT2D eigenvalue weighted by molar-refractivity contribution is 0.415. The molecule has 3 rings (SSSR count). The summed E-state index contributed by atoms with van der Waals surface area (Å²) in [5.74, 6) is 0.736. The number of ether oxygens (including phenoxy) is 1. The molecule has 0 aliphatic heterocycles. The Bertz CT molecular complexity index is 1040. The second-order valence-corrected chi connectivity index (χ2v) is 9.64. The number of rotatable bonds is 8. The van der Waals surface area contributed by atoms with Crippen molar-refractivity contribution in [1.29, 1.82) is 0 Å². The molecule has 0 fully saturated rings. The molecule has 148 valence electrons. The summed E-state index contributed by atoms with van der Waals surface area (Å²) in [5.41, 5.74) is 2.42. The highest BCUT2D eigenvalue weighted by molar-refractivity contribution is 7.94. The van der Waals surface area contributed by atoms with Crippen molar-refractivity contribution in [3.8, 4) is 16.2 Å². The maximum atomic E-state index is 12.9. The third-order valence-electron chi connectivity index (χ3n) is 4.16. The predicted octanol–water partition coefficient (Wildman–Crippen LogP) is 4.72. The zero-order valence-corrected chi connectivity index (χ0v) is 17.7. The number of sulfonamides is 1. The average molecular weight is 417 g/mol. The lowest BCUT2D eigenvalue weighted by Crippen LogP contribution is -2.23. The topological polar surface area (TPSA) is 67.4 Å². The maximum absolute atomic E-state index is 12.9. The number of nitrogens with one attached hydrogen (secondary N) is 2. The van der Waals surface area contributed by atoms with Crippen LogP contribution in [0.1, 0.15) is 19.4 Å². The van der Waals surface area contributed by atoms with Crippen molar-refractivity contribution in [2.24, 2.45) is 0 Å². The van der Waals surface area contributed by atoms with Gasteiger partial charge in [0.15, 0.2) is 0 Å². The van der Waals surface area contributed by atoms with Crippen LogP contribution in [0.5, 0.6) is 5.75 Å². The third kappa shape index (κ3) is 4.92. The number of benzene rings is 2. The van der Waals surface area contributed by atoms with Gasteiger partial charge in [0.1, 0.15) is 9.96 Å². The number of hydrogen-bond acceptors (Lipinski definition) is 5. The van der Waals surface area contributed by atoms with E-state index in [1.807, 2.05) is 48.5 Å². The van der Waals surface area contributed by atoms with Crippen LogP contribution in [0.4, 0.5) is 5.69 Å². The molecule has 0 aliphatic rings. The summed E-state index contributed by atoms with van der Waals surface area (Å²) < 4.78 is 34.1. The van der Waals surface area contributed by atoms with Gasteiger partial charge in [-0.2, -0.15) is 0 Å². The SMILES string of the molecule is COc1cccc(-c2ccc(S(=O)(=O)Nc3ccccc3CNC(C)C)s2)c1. The molecule has 3 aromatic rings. The molecule has 0 unspecified atom stereocenters. The van der Waals surface area contributed by atoms with Crippen molar-refractivity contribution in [1.82, 2.24) is 5.32 Å². The minimum absolute atomic E-state index is 0.275. The Labute approximate surface area is 170 Å². The molecule has 2 aromatic carbocycles. The van der Waals surface area contributed by atoms with E-state index in [0.29, 0.717) is 18.3 Å². The van der Waals surface area contributed by atoms with Crippen LogP contribution in [0.3, 0.4) is 0 Å². The molecule has 5 nitrogen and oxygen atoms in total. The first-order valence-electron chi connectivity index (χ1n) is 8.97. The zero-order chi connectivity index (χ0) is 20.1. The van der Waals surface area contributed by atoms with Crippen LogP contribution in [0.15, 0.2) is 64.9 Å². The average Bonchev–Trinajstić information content (AvgIpc) is 3.18. The third-order valence-corrected chi connectivity index (χ3v) is 7.15. The predicted molar refractivity (Wildman–Crippen MR) is 116 cm³/mol. The minimum atomic E-state index is -3.67. The summed E-state index contributed by atoms with van der Waals surface area (Å²) in [5, 5.41) is 3.32. The molecule has 0 bridgehead atoms. The van der Waals surface area contributed by atoms with Crippen LogP contribution in [-0.4, -0.2) is 21.6 Å². The lowest BCUT2D eigenvalue weighted by atomic mass is 10.2. The lowest BCUT2D eigenvalue weighted by Gasteiger charge is -2.14. The van der Waals surface area contributed by atoms with Crippen LogP contribution in [0, 0.1) is 0 Å². The molecular formula is C21H24N2O3S2. The van der Waals surface area contributed by atoms with Crippen molar-refractivity contribution in [3.63, 3.8) is 0 Å². The Balaban J connectivity index is 1.84. The molecule has 1 heterocycles. The van der Waals surface area contributed by atoms with Gasteiger partial charge in [0.05, 0.1) is 12.8 Å². The molecule has 0 atom stereocenters. The molecule has 0 radical (unpaired) electrons. The molecule has 2 N–H and O–H groups in total. The number of anilines is 1. The highest BCUT2D eigenvalue weighted by atomic mass is 32.2. The van der Waals surface area contributed by atoms with Gasteiger partial charge in [-0.05, 0) is 41.5 Å². The second-order valence-electron chi connectivity index (χ2n) is 6.65. The van der Waals surface area contributed by atoms with Crippen LogP contribution in [0.2, 0.25) is 0 Å². The number of hydrogen-bond donors (Lipinski definition) is 2. The summed E-state index contributed by atoms with van der Waals surface area (Å²) in [6.07, 6.45) is 0. The standard InChI is InChI=1S/C21H24N2O3S2/c1-15(2)22-14-17-7-4-5-10-19(17)23-28(24,25)21-12-11-20(27-21)16-8-6-9-18(13-16)26-3/h4-13,15,22-23H,14H2,1-3H3. The van der Waals surface area contributed by atoms with Gasteiger partial charge in [0, 0.05) is 17.5 Å². The van der Waals surface area contributed by atoms with Gasteiger partial charge in [0.2, 0.25) is 0 Å². The molecule has 7 heteroatoms. The molecule has 1 aromatic heterocycles. The van der Waals surface area contributed by atoms with E-state index < -0.39 is 10.0 Å². The fourth-order valence-electron chi connectivity index (χ4n) is 2.68. The van der Waals surface area contributed by atoms with Crippen molar-refractivity contribution in [2.45, 2.75) is 30.6 Å². The first kappa shape index (κ1) is 20.4. The van der Waals surface area contributed by atoms with Gasteiger partial charge in [-0.1, -0.05) is 44.2 Å². The highest BCUT2D eigenvalue weighted by Gasteiger charge is 2.19. The van der Waals surface area contributed by atoms with Gasteiger partial charge in [-0.25, -0.2) is 8.42 Å². The highest BCUT2D eigenvalue weighted by Crippen LogP contribution is 2.33. The van der Waals surface area contributed by atoms with Crippen LogP contribution < -0.4 is 14.8 Å². The van der Waals surface area contributed by atoms with Crippen LogP contribution >= 0.6 is 11.3 Å². The quantitative estimate of drug-likeness (QED) is 0.557. The fraction of sp³-hybridized carbons (Fsp3) is 0.238. The number of para-hydroxylation sites is 1. The molecule has 28 heavy (non-hydrogen) atoms. The summed E-state index contributed by atoms with van der Waals surface area (Å²) in [6.45, 7) is 4.70. The van der Waals surface area contributed by atoms with Crippen molar-refractivity contribution < 1.29 is 13.2 Å². The smallest absolute Gasteiger partial charge is 0.271 e. The van der Waals surface area contributed by atoms with Crippen molar-refractivity contribution >= 4 is 27.0 Å². The van der Waals surface area contributed by atoms with E-state index in [0.717, 1.165) is 21.8 Å². The second kappa shape index (κ2) is 8.77. The van der Waals surface area contributed by atoms with Crippen LogP contribution in [0.25, 0.3) is 10.4 Å². The number of methoxy groups -OCH3 is 1. The van der Waals surface area contributed by atoms with Crippen molar-refractivity contribution in [2.75, 3.05) is 11.8 Å². The maximum Gasteiger partial charge on any atom is 0.271 e. The van der Waals surface area contributed by atoms with E-state index in [1.165, 1.54) is 11.3 Å². The van der Waals surface area contributed by atoms with E-state index in [2.05, 4.69) is 23.9 Å². The normalized spacial score (nSPS) is 11.6. The van der Waals surface area contributed by atoms with Gasteiger partial charge in [-0.3, -0.25) is 4.72 Å². The summed E-state index contributed by atoms with van der Waals surface area (Å²) in [6, 6.07) is 18.8. The van der Waals surface area contributed by atoms with Gasteiger partial charge in [0.25, 0.3) is 10.0 Å². The zero-order valence-electron chi connectivity index (χ0n) is 16.1. The van der Waals surface area contributed by atoms with Gasteiger partial charge in [-0.15, -0.1) is 11.3 Å². The van der Waals surface area contributed by atoms with Gasteiger partial charge >= 0.3 is 0 Å². The van der Waals surface area contributed by atoms with E-state index in [4.69, 9.17) is 4.74 Å². The summed E-state index contributed by atoms with van der Waals surface area (Å²) in [4.78, 5) is 0.869.